The molecular weight excluding hydrogens is 307 g/mol. The van der Waals surface area contributed by atoms with Crippen molar-refractivity contribution in [3.63, 3.8) is 0 Å². The third kappa shape index (κ3) is 1.77. The molecular formula is C20H31FO3. The Bertz CT molecular complexity index is 575. The van der Waals surface area contributed by atoms with Crippen LogP contribution in [-0.4, -0.2) is 33.4 Å². The Labute approximate surface area is 144 Å². The van der Waals surface area contributed by atoms with Crippen LogP contribution < -0.4 is 0 Å². The van der Waals surface area contributed by atoms with Crippen molar-refractivity contribution in [3.8, 4) is 0 Å². The zero-order valence-corrected chi connectivity index (χ0v) is 15.1. The van der Waals surface area contributed by atoms with Crippen molar-refractivity contribution in [2.24, 2.45) is 28.6 Å². The molecule has 0 aromatic rings. The van der Waals surface area contributed by atoms with E-state index in [2.05, 4.69) is 0 Å². The molecule has 0 aromatic carbocycles. The van der Waals surface area contributed by atoms with E-state index in [0.29, 0.717) is 32.1 Å². The van der Waals surface area contributed by atoms with E-state index in [-0.39, 0.29) is 23.5 Å². The van der Waals surface area contributed by atoms with Gasteiger partial charge in [-0.3, -0.25) is 4.79 Å². The van der Waals surface area contributed by atoms with E-state index in [1.165, 1.54) is 0 Å². The van der Waals surface area contributed by atoms with Crippen molar-refractivity contribution in [2.75, 3.05) is 0 Å². The quantitative estimate of drug-likeness (QED) is 0.711. The minimum Gasteiger partial charge on any atom is -0.390 e. The summed E-state index contributed by atoms with van der Waals surface area (Å²) in [4.78, 5) is 11.9. The molecule has 4 rings (SSSR count). The summed E-state index contributed by atoms with van der Waals surface area (Å²) in [6.07, 6.45) is 3.89. The van der Waals surface area contributed by atoms with Crippen LogP contribution in [0.15, 0.2) is 0 Å². The van der Waals surface area contributed by atoms with Crippen molar-refractivity contribution in [1.82, 2.24) is 0 Å². The zero-order valence-electron chi connectivity index (χ0n) is 15.1. The normalized spacial score (nSPS) is 60.3. The molecule has 136 valence electrons. The minimum atomic E-state index is -1.62. The summed E-state index contributed by atoms with van der Waals surface area (Å²) in [5.41, 5.74) is -3.49. The summed E-state index contributed by atoms with van der Waals surface area (Å²) >= 11 is 0. The molecule has 4 aliphatic carbocycles. The Kier molecular flexibility index (Phi) is 3.41. The van der Waals surface area contributed by atoms with Gasteiger partial charge in [0.15, 0.2) is 0 Å². The molecule has 0 unspecified atom stereocenters. The van der Waals surface area contributed by atoms with E-state index in [9.17, 15) is 15.0 Å². The Morgan fingerprint density at radius 3 is 2.46 bits per heavy atom. The zero-order chi connectivity index (χ0) is 17.5. The van der Waals surface area contributed by atoms with Crippen LogP contribution in [0, 0.1) is 28.6 Å². The summed E-state index contributed by atoms with van der Waals surface area (Å²) in [7, 11) is 0. The highest BCUT2D eigenvalue weighted by molar-refractivity contribution is 5.79. The van der Waals surface area contributed by atoms with E-state index in [1.807, 2.05) is 20.8 Å². The SMILES string of the molecule is C[C@]1(O)CC[C@H]2[C@@H]3CC[C@H]4CC(=O)CC[C@]4(C)[C@@]3(F)[C@@H](O)C[C@@]21C. The summed E-state index contributed by atoms with van der Waals surface area (Å²) in [6.45, 7) is 5.89. The van der Waals surface area contributed by atoms with E-state index in [4.69, 9.17) is 0 Å². The summed E-state index contributed by atoms with van der Waals surface area (Å²) in [6, 6.07) is 0. The molecule has 4 aliphatic rings. The van der Waals surface area contributed by atoms with Gasteiger partial charge in [-0.25, -0.2) is 4.39 Å². The number of carbonyl (C=O) groups excluding carboxylic acids is 1. The second kappa shape index (κ2) is 4.82. The maximum atomic E-state index is 16.7. The number of alkyl halides is 1. The molecule has 4 heteroatoms. The van der Waals surface area contributed by atoms with Crippen LogP contribution in [0.4, 0.5) is 4.39 Å². The number of hydrogen-bond donors (Lipinski definition) is 2. The lowest BCUT2D eigenvalue weighted by atomic mass is 9.42. The van der Waals surface area contributed by atoms with Gasteiger partial charge in [0, 0.05) is 23.7 Å². The van der Waals surface area contributed by atoms with Gasteiger partial charge in [0.25, 0.3) is 0 Å². The summed E-state index contributed by atoms with van der Waals surface area (Å²) < 4.78 is 16.7. The van der Waals surface area contributed by atoms with Gasteiger partial charge in [0.2, 0.25) is 0 Å². The maximum absolute atomic E-state index is 16.7. The van der Waals surface area contributed by atoms with Gasteiger partial charge >= 0.3 is 0 Å². The second-order valence-electron chi connectivity index (χ2n) is 9.87. The van der Waals surface area contributed by atoms with Crippen LogP contribution in [0.2, 0.25) is 0 Å². The van der Waals surface area contributed by atoms with Gasteiger partial charge in [0.05, 0.1) is 11.7 Å². The standard InChI is InChI=1S/C20H31FO3/c1-17-8-6-13(22)10-12(17)4-5-15-14-7-9-19(3,24)18(14,2)11-16(23)20(15,17)21/h12,14-16,23-24H,4-11H2,1-3H3/t12-,14-,15-,16-,17-,18-,19-,20-/m0/s1. The van der Waals surface area contributed by atoms with Crippen LogP contribution in [0.5, 0.6) is 0 Å². The van der Waals surface area contributed by atoms with Crippen LogP contribution in [0.25, 0.3) is 0 Å². The molecule has 0 radical (unpaired) electrons. The Morgan fingerprint density at radius 2 is 1.75 bits per heavy atom. The highest BCUT2D eigenvalue weighted by Gasteiger charge is 2.73. The molecule has 24 heavy (non-hydrogen) atoms. The van der Waals surface area contributed by atoms with E-state index >= 15 is 4.39 Å². The fraction of sp³-hybridized carbons (Fsp3) is 0.950. The van der Waals surface area contributed by atoms with Crippen molar-refractivity contribution in [2.45, 2.75) is 89.5 Å². The predicted octanol–water partition coefficient (Wildman–Crippen LogP) is 3.41. The molecule has 0 aromatic heterocycles. The molecule has 8 atom stereocenters. The molecule has 4 saturated carbocycles. The number of hydrogen-bond acceptors (Lipinski definition) is 3. The number of carbonyl (C=O) groups is 1. The Balaban J connectivity index is 1.77. The highest BCUT2D eigenvalue weighted by Crippen LogP contribution is 2.70. The molecule has 0 heterocycles. The molecule has 2 N–H and O–H groups in total. The van der Waals surface area contributed by atoms with Crippen molar-refractivity contribution < 1.29 is 19.4 Å². The first-order valence-corrected chi connectivity index (χ1v) is 9.67. The lowest BCUT2D eigenvalue weighted by Crippen LogP contribution is -2.70. The summed E-state index contributed by atoms with van der Waals surface area (Å²) in [5, 5.41) is 21.9. The van der Waals surface area contributed by atoms with Gasteiger partial charge in [-0.15, -0.1) is 0 Å². The second-order valence-corrected chi connectivity index (χ2v) is 9.87. The van der Waals surface area contributed by atoms with Crippen molar-refractivity contribution in [1.29, 1.82) is 0 Å². The molecule has 0 bridgehead atoms. The average molecular weight is 338 g/mol. The fourth-order valence-corrected chi connectivity index (χ4v) is 7.27. The first kappa shape index (κ1) is 17.0. The van der Waals surface area contributed by atoms with Gasteiger partial charge < -0.3 is 10.2 Å². The lowest BCUT2D eigenvalue weighted by molar-refractivity contribution is -0.254. The lowest BCUT2D eigenvalue weighted by Gasteiger charge is -2.65. The van der Waals surface area contributed by atoms with Gasteiger partial charge in [-0.05, 0) is 63.2 Å². The molecule has 4 fully saturated rings. The molecule has 0 aliphatic heterocycles. The van der Waals surface area contributed by atoms with E-state index in [1.54, 1.807) is 0 Å². The Morgan fingerprint density at radius 1 is 1.04 bits per heavy atom. The fourth-order valence-electron chi connectivity index (χ4n) is 7.27. The summed E-state index contributed by atoms with van der Waals surface area (Å²) in [5.74, 6) is 0.227. The smallest absolute Gasteiger partial charge is 0.145 e. The topological polar surface area (TPSA) is 57.5 Å². The largest absolute Gasteiger partial charge is 0.390 e. The van der Waals surface area contributed by atoms with E-state index < -0.39 is 28.2 Å². The molecule has 0 amide bonds. The van der Waals surface area contributed by atoms with Crippen LogP contribution in [0.1, 0.15) is 72.1 Å². The van der Waals surface area contributed by atoms with Crippen molar-refractivity contribution >= 4 is 5.78 Å². The minimum absolute atomic E-state index is 0.0564. The number of fused-ring (bicyclic) bond motifs is 5. The van der Waals surface area contributed by atoms with Gasteiger partial charge in [0.1, 0.15) is 11.5 Å². The first-order valence-electron chi connectivity index (χ1n) is 9.67. The third-order valence-electron chi connectivity index (χ3n) is 9.12. The van der Waals surface area contributed by atoms with Crippen LogP contribution >= 0.6 is 0 Å². The monoisotopic (exact) mass is 338 g/mol. The maximum Gasteiger partial charge on any atom is 0.145 e. The number of aliphatic hydroxyl groups is 2. The van der Waals surface area contributed by atoms with Crippen LogP contribution in [0.3, 0.4) is 0 Å². The number of ketones is 1. The first-order chi connectivity index (χ1) is 11.1. The number of aliphatic hydroxyl groups excluding tert-OH is 1. The molecule has 0 spiro atoms. The molecule has 3 nitrogen and oxygen atoms in total. The van der Waals surface area contributed by atoms with E-state index in [0.717, 1.165) is 19.3 Å². The van der Waals surface area contributed by atoms with Crippen molar-refractivity contribution in [3.05, 3.63) is 0 Å². The average Bonchev–Trinajstić information content (AvgIpc) is 2.72. The Hall–Kier alpha value is -0.480. The third-order valence-corrected chi connectivity index (χ3v) is 9.12. The van der Waals surface area contributed by atoms with Gasteiger partial charge in [-0.1, -0.05) is 13.8 Å². The number of rotatable bonds is 0. The van der Waals surface area contributed by atoms with Crippen LogP contribution in [-0.2, 0) is 4.79 Å². The molecule has 0 saturated heterocycles. The predicted molar refractivity (Wildman–Crippen MR) is 89.1 cm³/mol. The van der Waals surface area contributed by atoms with Gasteiger partial charge in [-0.2, -0.15) is 0 Å². The highest BCUT2D eigenvalue weighted by atomic mass is 19.1. The number of Topliss-reactive ketones (excluding diaryl/α,β-unsaturated/α-hetero) is 1. The number of halogens is 1.